The third-order valence-electron chi connectivity index (χ3n) is 3.86. The van der Waals surface area contributed by atoms with Crippen LogP contribution in [0.25, 0.3) is 0 Å². The highest BCUT2D eigenvalue weighted by Gasteiger charge is 2.30. The van der Waals surface area contributed by atoms with Crippen molar-refractivity contribution in [3.63, 3.8) is 0 Å². The smallest absolute Gasteiger partial charge is 0.193 e. The first-order valence-corrected chi connectivity index (χ1v) is 7.08. The first-order valence-electron chi connectivity index (χ1n) is 7.08. The maximum atomic E-state index is 12.6. The molecule has 0 spiro atoms. The topological polar surface area (TPSA) is 52.3 Å². The van der Waals surface area contributed by atoms with Crippen LogP contribution in [-0.2, 0) is 6.42 Å². The molecular weight excluding hydrogens is 262 g/mol. The minimum Gasteiger partial charge on any atom is -0.487 e. The zero-order chi connectivity index (χ0) is 15.2. The molecule has 2 aromatic carbocycles. The molecule has 0 saturated carbocycles. The molecule has 1 aliphatic heterocycles. The van der Waals surface area contributed by atoms with E-state index in [1.807, 2.05) is 31.2 Å². The lowest BCUT2D eigenvalue weighted by molar-refractivity contribution is 0.103. The fourth-order valence-corrected chi connectivity index (χ4v) is 2.73. The van der Waals surface area contributed by atoms with E-state index >= 15 is 0 Å². The molecule has 0 saturated heterocycles. The van der Waals surface area contributed by atoms with Crippen LogP contribution < -0.4 is 10.5 Å². The van der Waals surface area contributed by atoms with Gasteiger partial charge in [-0.25, -0.2) is 0 Å². The Bertz CT molecular complexity index is 732. The van der Waals surface area contributed by atoms with Crippen molar-refractivity contribution in [1.82, 2.24) is 0 Å². The highest BCUT2D eigenvalue weighted by atomic mass is 16.5. The van der Waals surface area contributed by atoms with Crippen LogP contribution in [0.4, 0.5) is 5.69 Å². The van der Waals surface area contributed by atoms with E-state index in [0.29, 0.717) is 16.8 Å². The van der Waals surface area contributed by atoms with Gasteiger partial charge in [0.2, 0.25) is 0 Å². The van der Waals surface area contributed by atoms with Gasteiger partial charge in [0.1, 0.15) is 11.4 Å². The molecule has 0 unspecified atom stereocenters. The molecule has 1 aliphatic rings. The predicted octanol–water partition coefficient (Wildman–Crippen LogP) is 3.52. The van der Waals surface area contributed by atoms with Gasteiger partial charge >= 0.3 is 0 Å². The summed E-state index contributed by atoms with van der Waals surface area (Å²) in [5, 5.41) is 0. The molecule has 0 radical (unpaired) electrons. The number of carbonyl (C=O) groups excluding carboxylic acids is 1. The summed E-state index contributed by atoms with van der Waals surface area (Å²) in [5.74, 6) is 0.899. The number of anilines is 1. The van der Waals surface area contributed by atoms with Gasteiger partial charge in [-0.15, -0.1) is 0 Å². The van der Waals surface area contributed by atoms with Gasteiger partial charge in [-0.05, 0) is 68.3 Å². The normalized spacial score (nSPS) is 15.4. The van der Waals surface area contributed by atoms with Crippen LogP contribution in [0.2, 0.25) is 0 Å². The van der Waals surface area contributed by atoms with E-state index in [1.165, 1.54) is 0 Å². The summed E-state index contributed by atoms with van der Waals surface area (Å²) in [6.07, 6.45) is 0.824. The number of ketones is 1. The maximum Gasteiger partial charge on any atom is 0.193 e. The Labute approximate surface area is 124 Å². The van der Waals surface area contributed by atoms with Crippen LogP contribution in [0.5, 0.6) is 5.75 Å². The maximum absolute atomic E-state index is 12.6. The van der Waals surface area contributed by atoms with Crippen molar-refractivity contribution in [2.24, 2.45) is 0 Å². The van der Waals surface area contributed by atoms with Crippen molar-refractivity contribution in [2.45, 2.75) is 32.8 Å². The first-order chi connectivity index (χ1) is 9.85. The van der Waals surface area contributed by atoms with E-state index in [1.54, 1.807) is 12.1 Å². The molecule has 0 atom stereocenters. The summed E-state index contributed by atoms with van der Waals surface area (Å²) in [7, 11) is 0. The lowest BCUT2D eigenvalue weighted by Crippen LogP contribution is -2.24. The van der Waals surface area contributed by atoms with Crippen LogP contribution in [0.1, 0.15) is 40.9 Å². The molecule has 0 amide bonds. The number of nitrogens with two attached hydrogens (primary N) is 1. The second-order valence-electron chi connectivity index (χ2n) is 6.26. The van der Waals surface area contributed by atoms with Crippen LogP contribution in [0, 0.1) is 6.92 Å². The lowest BCUT2D eigenvalue weighted by Gasteiger charge is -2.16. The Kier molecular flexibility index (Phi) is 3.01. The minimum absolute atomic E-state index is 0.0191. The summed E-state index contributed by atoms with van der Waals surface area (Å²) in [6.45, 7) is 6.01. The molecule has 21 heavy (non-hydrogen) atoms. The molecule has 108 valence electrons. The van der Waals surface area contributed by atoms with Crippen molar-refractivity contribution in [2.75, 3.05) is 5.73 Å². The summed E-state index contributed by atoms with van der Waals surface area (Å²) in [6, 6.07) is 11.1. The molecule has 2 N–H and O–H groups in total. The van der Waals surface area contributed by atoms with Crippen molar-refractivity contribution in [3.05, 3.63) is 58.7 Å². The van der Waals surface area contributed by atoms with Gasteiger partial charge in [-0.3, -0.25) is 4.79 Å². The largest absolute Gasteiger partial charge is 0.487 e. The second-order valence-corrected chi connectivity index (χ2v) is 6.26. The number of rotatable bonds is 2. The Balaban J connectivity index is 1.95. The number of nitrogen functional groups attached to an aromatic ring is 1. The van der Waals surface area contributed by atoms with E-state index in [9.17, 15) is 4.79 Å². The summed E-state index contributed by atoms with van der Waals surface area (Å²) < 4.78 is 5.84. The van der Waals surface area contributed by atoms with Crippen LogP contribution >= 0.6 is 0 Å². The molecular formula is C18H19NO2. The number of benzene rings is 2. The van der Waals surface area contributed by atoms with E-state index < -0.39 is 0 Å². The van der Waals surface area contributed by atoms with Crippen molar-refractivity contribution in [1.29, 1.82) is 0 Å². The summed E-state index contributed by atoms with van der Waals surface area (Å²) >= 11 is 0. The van der Waals surface area contributed by atoms with Gasteiger partial charge in [0.05, 0.1) is 0 Å². The van der Waals surface area contributed by atoms with E-state index in [-0.39, 0.29) is 11.4 Å². The minimum atomic E-state index is -0.193. The van der Waals surface area contributed by atoms with E-state index in [4.69, 9.17) is 10.5 Å². The number of hydrogen-bond acceptors (Lipinski definition) is 3. The number of carbonyl (C=O) groups is 1. The lowest BCUT2D eigenvalue weighted by atomic mass is 9.96. The highest BCUT2D eigenvalue weighted by molar-refractivity contribution is 6.09. The monoisotopic (exact) mass is 281 g/mol. The highest BCUT2D eigenvalue weighted by Crippen LogP contribution is 2.35. The van der Waals surface area contributed by atoms with Gasteiger partial charge in [-0.1, -0.05) is 0 Å². The molecule has 0 aliphatic carbocycles. The van der Waals surface area contributed by atoms with Crippen LogP contribution in [0.15, 0.2) is 36.4 Å². The Morgan fingerprint density at radius 1 is 1.14 bits per heavy atom. The average molecular weight is 281 g/mol. The van der Waals surface area contributed by atoms with Crippen molar-refractivity contribution < 1.29 is 9.53 Å². The average Bonchev–Trinajstić information content (AvgIpc) is 2.73. The molecule has 2 aromatic rings. The number of aryl methyl sites for hydroxylation is 1. The van der Waals surface area contributed by atoms with Gasteiger partial charge in [0.25, 0.3) is 0 Å². The fraction of sp³-hybridized carbons (Fsp3) is 0.278. The van der Waals surface area contributed by atoms with Crippen LogP contribution in [0.3, 0.4) is 0 Å². The summed E-state index contributed by atoms with van der Waals surface area (Å²) in [4.78, 5) is 12.6. The van der Waals surface area contributed by atoms with E-state index in [2.05, 4.69) is 13.8 Å². The number of hydrogen-bond donors (Lipinski definition) is 1. The third-order valence-corrected chi connectivity index (χ3v) is 3.86. The summed E-state index contributed by atoms with van der Waals surface area (Å²) in [5.41, 5.74) is 9.69. The first kappa shape index (κ1) is 13.7. The van der Waals surface area contributed by atoms with Crippen molar-refractivity contribution in [3.8, 4) is 5.75 Å². The zero-order valence-electron chi connectivity index (χ0n) is 12.6. The van der Waals surface area contributed by atoms with Gasteiger partial charge in [0.15, 0.2) is 5.78 Å². The molecule has 0 bridgehead atoms. The SMILES string of the molecule is Cc1cc(C(=O)c2ccc3c(c2)CC(C)(C)O3)ccc1N. The molecule has 3 rings (SSSR count). The second kappa shape index (κ2) is 4.62. The molecule has 1 heterocycles. The van der Waals surface area contributed by atoms with E-state index in [0.717, 1.165) is 23.3 Å². The molecule has 0 aromatic heterocycles. The number of ether oxygens (including phenoxy) is 1. The molecule has 3 heteroatoms. The zero-order valence-corrected chi connectivity index (χ0v) is 12.6. The Hall–Kier alpha value is -2.29. The molecule has 0 fully saturated rings. The van der Waals surface area contributed by atoms with Crippen LogP contribution in [-0.4, -0.2) is 11.4 Å². The van der Waals surface area contributed by atoms with Gasteiger partial charge in [0, 0.05) is 23.2 Å². The van der Waals surface area contributed by atoms with Crippen molar-refractivity contribution >= 4 is 11.5 Å². The third kappa shape index (κ3) is 2.51. The Morgan fingerprint density at radius 2 is 1.81 bits per heavy atom. The standard InChI is InChI=1S/C18H19NO2/c1-11-8-12(4-6-15(11)19)17(20)13-5-7-16-14(9-13)10-18(2,3)21-16/h4-9H,10,19H2,1-3H3. The van der Waals surface area contributed by atoms with Gasteiger partial charge < -0.3 is 10.5 Å². The Morgan fingerprint density at radius 3 is 2.52 bits per heavy atom. The fourth-order valence-electron chi connectivity index (χ4n) is 2.73. The van der Waals surface area contributed by atoms with Gasteiger partial charge in [-0.2, -0.15) is 0 Å². The predicted molar refractivity (Wildman–Crippen MR) is 83.9 cm³/mol. The number of fused-ring (bicyclic) bond motifs is 1. The quantitative estimate of drug-likeness (QED) is 0.677. The molecule has 3 nitrogen and oxygen atoms in total.